The molecule has 20 heavy (non-hydrogen) atoms. The van der Waals surface area contributed by atoms with Gasteiger partial charge in [-0.15, -0.1) is 0 Å². The monoisotopic (exact) mass is 355 g/mol. The topological polar surface area (TPSA) is 47.3 Å². The molecule has 1 amide bonds. The Balaban J connectivity index is 2.01. The summed E-state index contributed by atoms with van der Waals surface area (Å²) in [6, 6.07) is 7.35. The summed E-state index contributed by atoms with van der Waals surface area (Å²) in [5.74, 6) is -0.0105. The van der Waals surface area contributed by atoms with E-state index in [2.05, 4.69) is 26.9 Å². The highest BCUT2D eigenvalue weighted by atomic mass is 79.9. The van der Waals surface area contributed by atoms with Crippen LogP contribution in [0.15, 0.2) is 22.7 Å². The van der Waals surface area contributed by atoms with Crippen LogP contribution in [0.4, 0.5) is 0 Å². The summed E-state index contributed by atoms with van der Waals surface area (Å²) in [6.07, 6.45) is 0. The van der Waals surface area contributed by atoms with Gasteiger partial charge in [-0.25, -0.2) is 0 Å². The second-order valence-electron chi connectivity index (χ2n) is 4.76. The highest BCUT2D eigenvalue weighted by molar-refractivity contribution is 9.10. The molecule has 1 aromatic carbocycles. The molecule has 1 aliphatic heterocycles. The minimum absolute atomic E-state index is 0.0105. The number of hydrogen-bond donors (Lipinski definition) is 0. The molecule has 0 saturated carbocycles. The molecule has 1 unspecified atom stereocenters. The van der Waals surface area contributed by atoms with Crippen molar-refractivity contribution in [1.82, 2.24) is 9.80 Å². The molecule has 1 aromatic rings. The van der Waals surface area contributed by atoms with Gasteiger partial charge in [0, 0.05) is 36.2 Å². The summed E-state index contributed by atoms with van der Waals surface area (Å²) in [5.41, 5.74) is 0.597. The molecule has 0 radical (unpaired) electrons. The molecule has 0 spiro atoms. The van der Waals surface area contributed by atoms with Crippen molar-refractivity contribution in [3.63, 3.8) is 0 Å². The van der Waals surface area contributed by atoms with Crippen molar-refractivity contribution >= 4 is 33.4 Å². The van der Waals surface area contributed by atoms with Gasteiger partial charge in [0.15, 0.2) is 0 Å². The molecule has 1 saturated heterocycles. The molecule has 106 valence electrons. The number of carbonyl (C=O) groups is 1. The van der Waals surface area contributed by atoms with Gasteiger partial charge in [-0.05, 0) is 41.1 Å². The predicted molar refractivity (Wildman–Crippen MR) is 81.7 cm³/mol. The van der Waals surface area contributed by atoms with Crippen LogP contribution in [0.2, 0.25) is 5.02 Å². The number of nitriles is 1. The first kappa shape index (κ1) is 15.3. The highest BCUT2D eigenvalue weighted by Gasteiger charge is 2.24. The third-order valence-corrected chi connectivity index (χ3v) is 4.74. The SMILES string of the molecule is CC(C#N)N1CCN(C(=O)c2ccc(Br)c(Cl)c2)CC1. The standard InChI is InChI=1S/C14H15BrClN3O/c1-10(9-17)18-4-6-19(7-5-18)14(20)11-2-3-12(15)13(16)8-11/h2-3,8,10H,4-7H2,1H3. The Morgan fingerprint density at radius 1 is 1.40 bits per heavy atom. The summed E-state index contributed by atoms with van der Waals surface area (Å²) < 4.78 is 0.781. The number of carbonyl (C=O) groups excluding carboxylic acids is 1. The van der Waals surface area contributed by atoms with Crippen LogP contribution in [-0.2, 0) is 0 Å². The first-order chi connectivity index (χ1) is 9.52. The quantitative estimate of drug-likeness (QED) is 0.818. The smallest absolute Gasteiger partial charge is 0.253 e. The zero-order valence-electron chi connectivity index (χ0n) is 11.1. The third-order valence-electron chi connectivity index (χ3n) is 3.50. The Bertz CT molecular complexity index is 550. The maximum atomic E-state index is 12.4. The maximum Gasteiger partial charge on any atom is 0.253 e. The molecule has 0 bridgehead atoms. The van der Waals surface area contributed by atoms with Crippen LogP contribution in [0.1, 0.15) is 17.3 Å². The van der Waals surface area contributed by atoms with Gasteiger partial charge < -0.3 is 4.90 Å². The van der Waals surface area contributed by atoms with Gasteiger partial charge in [-0.2, -0.15) is 5.26 Å². The first-order valence-electron chi connectivity index (χ1n) is 6.41. The van der Waals surface area contributed by atoms with E-state index in [4.69, 9.17) is 16.9 Å². The van der Waals surface area contributed by atoms with Crippen molar-refractivity contribution in [3.8, 4) is 6.07 Å². The van der Waals surface area contributed by atoms with Crippen molar-refractivity contribution in [2.75, 3.05) is 26.2 Å². The van der Waals surface area contributed by atoms with E-state index in [0.717, 1.165) is 17.6 Å². The van der Waals surface area contributed by atoms with Crippen LogP contribution >= 0.6 is 27.5 Å². The minimum atomic E-state index is -0.102. The summed E-state index contributed by atoms with van der Waals surface area (Å²) in [5, 5.41) is 9.44. The van der Waals surface area contributed by atoms with Crippen molar-refractivity contribution in [3.05, 3.63) is 33.3 Å². The molecule has 1 aliphatic rings. The molecule has 4 nitrogen and oxygen atoms in total. The minimum Gasteiger partial charge on any atom is -0.336 e. The maximum absolute atomic E-state index is 12.4. The van der Waals surface area contributed by atoms with Gasteiger partial charge in [0.05, 0.1) is 17.1 Å². The molecular formula is C14H15BrClN3O. The molecule has 6 heteroatoms. The lowest BCUT2D eigenvalue weighted by Gasteiger charge is -2.35. The normalized spacial score (nSPS) is 17.6. The van der Waals surface area contributed by atoms with E-state index in [1.54, 1.807) is 23.1 Å². The van der Waals surface area contributed by atoms with Crippen LogP contribution in [0.5, 0.6) is 0 Å². The van der Waals surface area contributed by atoms with E-state index in [-0.39, 0.29) is 11.9 Å². The van der Waals surface area contributed by atoms with E-state index < -0.39 is 0 Å². The van der Waals surface area contributed by atoms with Crippen LogP contribution in [0.3, 0.4) is 0 Å². The van der Waals surface area contributed by atoms with Gasteiger partial charge in [0.25, 0.3) is 5.91 Å². The van der Waals surface area contributed by atoms with Gasteiger partial charge in [0.2, 0.25) is 0 Å². The van der Waals surface area contributed by atoms with E-state index in [1.165, 1.54) is 0 Å². The third kappa shape index (κ3) is 3.32. The largest absolute Gasteiger partial charge is 0.336 e. The molecule has 1 fully saturated rings. The Labute approximate surface area is 132 Å². The fourth-order valence-corrected chi connectivity index (χ4v) is 2.63. The Morgan fingerprint density at radius 2 is 2.05 bits per heavy atom. The predicted octanol–water partition coefficient (Wildman–Crippen LogP) is 2.77. The summed E-state index contributed by atoms with van der Waals surface area (Å²) in [6.45, 7) is 4.61. The molecule has 0 N–H and O–H groups in total. The fourth-order valence-electron chi connectivity index (χ4n) is 2.21. The van der Waals surface area contributed by atoms with Crippen molar-refractivity contribution in [2.24, 2.45) is 0 Å². The van der Waals surface area contributed by atoms with Crippen LogP contribution < -0.4 is 0 Å². The van der Waals surface area contributed by atoms with E-state index in [0.29, 0.717) is 23.7 Å². The molecule has 0 aromatic heterocycles. The lowest BCUT2D eigenvalue weighted by Crippen LogP contribution is -2.51. The summed E-state index contributed by atoms with van der Waals surface area (Å²) in [7, 11) is 0. The zero-order chi connectivity index (χ0) is 14.7. The lowest BCUT2D eigenvalue weighted by atomic mass is 10.1. The van der Waals surface area contributed by atoms with Gasteiger partial charge in [0.1, 0.15) is 0 Å². The van der Waals surface area contributed by atoms with Crippen LogP contribution in [0.25, 0.3) is 0 Å². The summed E-state index contributed by atoms with van der Waals surface area (Å²) in [4.78, 5) is 16.3. The molecule has 0 aliphatic carbocycles. The number of halogens is 2. The van der Waals surface area contributed by atoms with E-state index in [9.17, 15) is 4.79 Å². The number of amides is 1. The number of nitrogens with zero attached hydrogens (tertiary/aromatic N) is 3. The van der Waals surface area contributed by atoms with Crippen molar-refractivity contribution in [2.45, 2.75) is 13.0 Å². The van der Waals surface area contributed by atoms with Crippen molar-refractivity contribution in [1.29, 1.82) is 5.26 Å². The molecule has 1 atom stereocenters. The summed E-state index contributed by atoms with van der Waals surface area (Å²) >= 11 is 9.33. The molecule has 2 rings (SSSR count). The molecule has 1 heterocycles. The van der Waals surface area contributed by atoms with Crippen molar-refractivity contribution < 1.29 is 4.79 Å². The first-order valence-corrected chi connectivity index (χ1v) is 7.58. The van der Waals surface area contributed by atoms with Gasteiger partial charge >= 0.3 is 0 Å². The Hall–Kier alpha value is -1.09. The Kier molecular flexibility index (Phi) is 5.03. The second kappa shape index (κ2) is 6.57. The van der Waals surface area contributed by atoms with Gasteiger partial charge in [-0.3, -0.25) is 9.69 Å². The van der Waals surface area contributed by atoms with E-state index in [1.807, 2.05) is 6.92 Å². The fraction of sp³-hybridized carbons (Fsp3) is 0.429. The number of benzene rings is 1. The van der Waals surface area contributed by atoms with Crippen LogP contribution in [-0.4, -0.2) is 47.9 Å². The van der Waals surface area contributed by atoms with Crippen LogP contribution in [0, 0.1) is 11.3 Å². The number of piperazine rings is 1. The lowest BCUT2D eigenvalue weighted by molar-refractivity contribution is 0.0615. The molecular weight excluding hydrogens is 342 g/mol. The second-order valence-corrected chi connectivity index (χ2v) is 6.02. The average Bonchev–Trinajstić information content (AvgIpc) is 2.48. The number of hydrogen-bond acceptors (Lipinski definition) is 3. The number of rotatable bonds is 2. The van der Waals surface area contributed by atoms with E-state index >= 15 is 0 Å². The van der Waals surface area contributed by atoms with Gasteiger partial charge in [-0.1, -0.05) is 11.6 Å². The zero-order valence-corrected chi connectivity index (χ0v) is 13.5. The highest BCUT2D eigenvalue weighted by Crippen LogP contribution is 2.24. The Morgan fingerprint density at radius 3 is 2.60 bits per heavy atom. The average molecular weight is 357 g/mol.